The largest absolute Gasteiger partial charge is 0.488 e. The Morgan fingerprint density at radius 1 is 1.24 bits per heavy atom. The van der Waals surface area contributed by atoms with Crippen LogP contribution in [-0.2, 0) is 6.61 Å². The molecular weight excluding hydrogens is 332 g/mol. The summed E-state index contributed by atoms with van der Waals surface area (Å²) >= 11 is 1.42. The summed E-state index contributed by atoms with van der Waals surface area (Å²) in [6, 6.07) is 14.8. The average Bonchev–Trinajstić information content (AvgIpc) is 3.20. The summed E-state index contributed by atoms with van der Waals surface area (Å²) < 4.78 is 5.84. The molecule has 25 heavy (non-hydrogen) atoms. The van der Waals surface area contributed by atoms with E-state index in [1.807, 2.05) is 47.8 Å². The molecule has 0 unspecified atom stereocenters. The quantitative estimate of drug-likeness (QED) is 0.374. The molecule has 0 aliphatic rings. The Morgan fingerprint density at radius 3 is 2.84 bits per heavy atom. The van der Waals surface area contributed by atoms with E-state index in [9.17, 15) is 10.1 Å². The molecule has 0 saturated heterocycles. The number of para-hydroxylation sites is 1. The summed E-state index contributed by atoms with van der Waals surface area (Å²) in [7, 11) is 0. The van der Waals surface area contributed by atoms with Gasteiger partial charge < -0.3 is 4.74 Å². The molecule has 122 valence electrons. The van der Waals surface area contributed by atoms with E-state index in [4.69, 9.17) is 4.74 Å². The van der Waals surface area contributed by atoms with Crippen molar-refractivity contribution in [2.75, 3.05) is 0 Å². The van der Waals surface area contributed by atoms with Crippen LogP contribution in [0.2, 0.25) is 0 Å². The fraction of sp³-hybridized carbons (Fsp3) is 0.0500. The highest BCUT2D eigenvalue weighted by Gasteiger charge is 2.13. The molecular formula is C20H14N2O2S. The van der Waals surface area contributed by atoms with Gasteiger partial charge in [-0.2, -0.15) is 16.6 Å². The first-order valence-electron chi connectivity index (χ1n) is 7.57. The third kappa shape index (κ3) is 4.19. The van der Waals surface area contributed by atoms with Crippen LogP contribution in [0.15, 0.2) is 71.2 Å². The molecule has 0 radical (unpaired) electrons. The normalized spacial score (nSPS) is 10.9. The van der Waals surface area contributed by atoms with Gasteiger partial charge in [0.05, 0.1) is 0 Å². The molecule has 0 saturated carbocycles. The summed E-state index contributed by atoms with van der Waals surface area (Å²) in [5.41, 5.74) is 2.23. The molecule has 0 bridgehead atoms. The highest BCUT2D eigenvalue weighted by Crippen LogP contribution is 2.23. The Labute approximate surface area is 149 Å². The molecule has 0 N–H and O–H groups in total. The molecule has 2 heterocycles. The Kier molecular flexibility index (Phi) is 5.35. The van der Waals surface area contributed by atoms with E-state index in [0.717, 1.165) is 5.56 Å². The Hall–Kier alpha value is -3.23. The van der Waals surface area contributed by atoms with Crippen LogP contribution in [-0.4, -0.2) is 10.8 Å². The van der Waals surface area contributed by atoms with Crippen LogP contribution in [0, 0.1) is 11.3 Å². The minimum absolute atomic E-state index is 0.0795. The maximum Gasteiger partial charge on any atom is 0.204 e. The highest BCUT2D eigenvalue weighted by atomic mass is 32.1. The van der Waals surface area contributed by atoms with Crippen molar-refractivity contribution in [3.05, 3.63) is 87.9 Å². The summed E-state index contributed by atoms with van der Waals surface area (Å²) in [4.78, 5) is 16.5. The molecule has 0 atom stereocenters. The molecule has 0 aliphatic heterocycles. The van der Waals surface area contributed by atoms with E-state index in [0.29, 0.717) is 23.5 Å². The zero-order valence-corrected chi connectivity index (χ0v) is 14.1. The number of hydrogen-bond acceptors (Lipinski definition) is 5. The van der Waals surface area contributed by atoms with Gasteiger partial charge >= 0.3 is 0 Å². The van der Waals surface area contributed by atoms with Crippen molar-refractivity contribution in [3.8, 4) is 11.8 Å². The van der Waals surface area contributed by atoms with E-state index in [1.165, 1.54) is 11.3 Å². The lowest BCUT2D eigenvalue weighted by Gasteiger charge is -2.09. The monoisotopic (exact) mass is 346 g/mol. The van der Waals surface area contributed by atoms with Gasteiger partial charge in [-0.3, -0.25) is 9.78 Å². The van der Waals surface area contributed by atoms with E-state index in [2.05, 4.69) is 4.98 Å². The molecule has 2 aromatic heterocycles. The zero-order valence-electron chi connectivity index (χ0n) is 13.3. The molecule has 3 aromatic rings. The van der Waals surface area contributed by atoms with Crippen molar-refractivity contribution >= 4 is 23.2 Å². The van der Waals surface area contributed by atoms with E-state index >= 15 is 0 Å². The Morgan fingerprint density at radius 2 is 2.12 bits per heavy atom. The maximum absolute atomic E-state index is 12.4. The number of ether oxygens (including phenoxy) is 1. The Bertz CT molecular complexity index is 926. The number of rotatable bonds is 6. The number of nitriles is 1. The Balaban J connectivity index is 1.84. The lowest BCUT2D eigenvalue weighted by atomic mass is 10.0. The van der Waals surface area contributed by atoms with Crippen LogP contribution in [0.3, 0.4) is 0 Å². The van der Waals surface area contributed by atoms with Crippen molar-refractivity contribution in [2.24, 2.45) is 0 Å². The summed E-state index contributed by atoms with van der Waals surface area (Å²) in [5, 5.41) is 12.9. The first kappa shape index (κ1) is 16.6. The SMILES string of the molecule is N#C/C(=C\c1ccccc1OCc1cccnc1)C(=O)c1ccsc1. The summed E-state index contributed by atoms with van der Waals surface area (Å²) in [5.74, 6) is 0.322. The van der Waals surface area contributed by atoms with Crippen LogP contribution in [0.4, 0.5) is 0 Å². The van der Waals surface area contributed by atoms with Gasteiger partial charge in [0.25, 0.3) is 0 Å². The second-order valence-corrected chi connectivity index (χ2v) is 5.98. The van der Waals surface area contributed by atoms with Gasteiger partial charge in [-0.05, 0) is 29.7 Å². The third-order valence-electron chi connectivity index (χ3n) is 3.48. The van der Waals surface area contributed by atoms with Crippen molar-refractivity contribution < 1.29 is 9.53 Å². The molecule has 5 heteroatoms. The number of ketones is 1. The molecule has 0 amide bonds. The number of hydrogen-bond donors (Lipinski definition) is 0. The molecule has 0 spiro atoms. The number of carbonyl (C=O) groups is 1. The van der Waals surface area contributed by atoms with Crippen molar-refractivity contribution in [2.45, 2.75) is 6.61 Å². The standard InChI is InChI=1S/C20H14N2O2S/c21-11-18(20(23)17-7-9-25-14-17)10-16-5-1-2-6-19(16)24-13-15-4-3-8-22-12-15/h1-10,12,14H,13H2/b18-10+. The number of nitrogens with zero attached hydrogens (tertiary/aromatic N) is 2. The first-order chi connectivity index (χ1) is 12.3. The van der Waals surface area contributed by atoms with Crippen LogP contribution >= 0.6 is 11.3 Å². The minimum atomic E-state index is -0.286. The zero-order chi connectivity index (χ0) is 17.5. The molecule has 0 fully saturated rings. The van der Waals surface area contributed by atoms with Gasteiger partial charge in [-0.1, -0.05) is 24.3 Å². The van der Waals surface area contributed by atoms with E-state index in [1.54, 1.807) is 29.9 Å². The van der Waals surface area contributed by atoms with Gasteiger partial charge in [0, 0.05) is 34.5 Å². The fourth-order valence-electron chi connectivity index (χ4n) is 2.23. The highest BCUT2D eigenvalue weighted by molar-refractivity contribution is 7.08. The third-order valence-corrected chi connectivity index (χ3v) is 4.17. The molecule has 3 rings (SSSR count). The predicted molar refractivity (Wildman–Crippen MR) is 97.3 cm³/mol. The first-order valence-corrected chi connectivity index (χ1v) is 8.51. The molecule has 4 nitrogen and oxygen atoms in total. The minimum Gasteiger partial charge on any atom is -0.488 e. The number of aromatic nitrogens is 1. The van der Waals surface area contributed by atoms with Crippen LogP contribution < -0.4 is 4.74 Å². The lowest BCUT2D eigenvalue weighted by molar-refractivity contribution is 0.104. The molecule has 1 aromatic carbocycles. The lowest BCUT2D eigenvalue weighted by Crippen LogP contribution is -2.01. The van der Waals surface area contributed by atoms with Gasteiger partial charge in [0.2, 0.25) is 5.78 Å². The van der Waals surface area contributed by atoms with Crippen molar-refractivity contribution in [1.82, 2.24) is 4.98 Å². The second kappa shape index (κ2) is 8.04. The summed E-state index contributed by atoms with van der Waals surface area (Å²) in [6.45, 7) is 0.360. The predicted octanol–water partition coefficient (Wildman–Crippen LogP) is 4.51. The molecule has 0 aliphatic carbocycles. The van der Waals surface area contributed by atoms with Crippen molar-refractivity contribution in [3.63, 3.8) is 0 Å². The van der Waals surface area contributed by atoms with Gasteiger partial charge in [-0.15, -0.1) is 0 Å². The smallest absolute Gasteiger partial charge is 0.204 e. The topological polar surface area (TPSA) is 63.0 Å². The van der Waals surface area contributed by atoms with Crippen molar-refractivity contribution in [1.29, 1.82) is 5.26 Å². The number of Topliss-reactive ketones (excluding diaryl/α,β-unsaturated/α-hetero) is 1. The number of benzene rings is 1. The van der Waals surface area contributed by atoms with Gasteiger partial charge in [-0.25, -0.2) is 0 Å². The van der Waals surface area contributed by atoms with Crippen LogP contribution in [0.25, 0.3) is 6.08 Å². The van der Waals surface area contributed by atoms with E-state index in [-0.39, 0.29) is 11.4 Å². The number of allylic oxidation sites excluding steroid dienone is 1. The number of carbonyl (C=O) groups excluding carboxylic acids is 1. The van der Waals surface area contributed by atoms with Gasteiger partial charge in [0.1, 0.15) is 24.0 Å². The van der Waals surface area contributed by atoms with Crippen LogP contribution in [0.5, 0.6) is 5.75 Å². The number of pyridine rings is 1. The maximum atomic E-state index is 12.4. The summed E-state index contributed by atoms with van der Waals surface area (Å²) in [6.07, 6.45) is 5.01. The van der Waals surface area contributed by atoms with Gasteiger partial charge in [0.15, 0.2) is 0 Å². The van der Waals surface area contributed by atoms with Crippen LogP contribution in [0.1, 0.15) is 21.5 Å². The second-order valence-electron chi connectivity index (χ2n) is 5.20. The number of thiophene rings is 1. The average molecular weight is 346 g/mol. The fourth-order valence-corrected chi connectivity index (χ4v) is 2.87. The van der Waals surface area contributed by atoms with E-state index < -0.39 is 0 Å².